The molecule has 2 saturated heterocycles. The van der Waals surface area contributed by atoms with Crippen molar-refractivity contribution in [1.29, 1.82) is 0 Å². The number of aryl methyl sites for hydroxylation is 2. The predicted octanol–water partition coefficient (Wildman–Crippen LogP) is 2.94. The van der Waals surface area contributed by atoms with Crippen LogP contribution in [0.2, 0.25) is 0 Å². The van der Waals surface area contributed by atoms with E-state index >= 15 is 0 Å². The lowest BCUT2D eigenvalue weighted by Gasteiger charge is -2.23. The third-order valence-electron chi connectivity index (χ3n) is 7.44. The number of carbonyl (C=O) groups is 1. The number of nitrogens with zero attached hydrogens (tertiary/aromatic N) is 4. The molecule has 11 heteroatoms. The van der Waals surface area contributed by atoms with Crippen molar-refractivity contribution in [1.82, 2.24) is 19.0 Å². The zero-order valence-corrected chi connectivity index (χ0v) is 25.7. The van der Waals surface area contributed by atoms with E-state index in [9.17, 15) is 13.2 Å². The summed E-state index contributed by atoms with van der Waals surface area (Å²) in [6.07, 6.45) is 5.02. The molecule has 0 N–H and O–H groups in total. The number of ether oxygens (including phenoxy) is 1. The van der Waals surface area contributed by atoms with Gasteiger partial charge in [0, 0.05) is 33.7 Å². The molecule has 1 amide bonds. The first-order valence-electron chi connectivity index (χ1n) is 13.2. The summed E-state index contributed by atoms with van der Waals surface area (Å²) in [6.45, 7) is 11.5. The molecule has 0 spiro atoms. The van der Waals surface area contributed by atoms with Crippen molar-refractivity contribution >= 4 is 38.9 Å². The lowest BCUT2D eigenvalue weighted by molar-refractivity contribution is -0.135. The monoisotopic (exact) mass is 650 g/mol. The highest BCUT2D eigenvalue weighted by molar-refractivity contribution is 14.1. The maximum atomic E-state index is 13.1. The van der Waals surface area contributed by atoms with Crippen LogP contribution in [0.5, 0.6) is 5.75 Å². The van der Waals surface area contributed by atoms with Crippen LogP contribution in [0.1, 0.15) is 36.8 Å². The SMILES string of the molecule is Cc1cc(OI)cc(C)c1S(=O)(=O)N(C)CCOCC(=O)N(C)C[C@@H]1CCN(CCCN2CCCC2)C1. The van der Waals surface area contributed by atoms with E-state index in [0.717, 1.165) is 32.6 Å². The fourth-order valence-electron chi connectivity index (χ4n) is 5.38. The molecule has 0 unspecified atom stereocenters. The minimum Gasteiger partial charge on any atom is -0.428 e. The third kappa shape index (κ3) is 8.76. The van der Waals surface area contributed by atoms with Crippen LogP contribution in [0.15, 0.2) is 17.0 Å². The number of benzene rings is 1. The van der Waals surface area contributed by atoms with Gasteiger partial charge in [-0.3, -0.25) is 4.79 Å². The Morgan fingerprint density at radius 3 is 2.38 bits per heavy atom. The molecule has 37 heavy (non-hydrogen) atoms. The Hall–Kier alpha value is -0.990. The average molecular weight is 651 g/mol. The molecular weight excluding hydrogens is 607 g/mol. The molecule has 0 saturated carbocycles. The van der Waals surface area contributed by atoms with Gasteiger partial charge >= 0.3 is 0 Å². The number of carbonyl (C=O) groups excluding carboxylic acids is 1. The summed E-state index contributed by atoms with van der Waals surface area (Å²) in [7, 11) is -0.323. The van der Waals surface area contributed by atoms with E-state index in [4.69, 9.17) is 7.80 Å². The van der Waals surface area contributed by atoms with Crippen molar-refractivity contribution < 1.29 is 21.0 Å². The molecule has 0 bridgehead atoms. The van der Waals surface area contributed by atoms with Gasteiger partial charge in [0.25, 0.3) is 0 Å². The Bertz CT molecular complexity index is 980. The van der Waals surface area contributed by atoms with Crippen LogP contribution in [-0.4, -0.2) is 113 Å². The lowest BCUT2D eigenvalue weighted by atomic mass is 10.1. The second-order valence-electron chi connectivity index (χ2n) is 10.5. The Morgan fingerprint density at radius 2 is 1.73 bits per heavy atom. The number of hydrogen-bond donors (Lipinski definition) is 0. The number of likely N-dealkylation sites (tertiary alicyclic amines) is 2. The Morgan fingerprint density at radius 1 is 1.08 bits per heavy atom. The smallest absolute Gasteiger partial charge is 0.248 e. The van der Waals surface area contributed by atoms with Gasteiger partial charge in [0.2, 0.25) is 15.9 Å². The maximum Gasteiger partial charge on any atom is 0.248 e. The Kier molecular flexibility index (Phi) is 11.9. The first kappa shape index (κ1) is 30.6. The molecule has 1 atom stereocenters. The molecule has 210 valence electrons. The van der Waals surface area contributed by atoms with Gasteiger partial charge in [-0.2, -0.15) is 4.31 Å². The standard InChI is InChI=1S/C26H43IN4O5S/c1-21-16-24(36-27)17-22(2)26(21)37(33,34)29(4)14-15-35-20-25(32)28(3)18-23-8-13-31(19-23)12-7-11-30-9-5-6-10-30/h16-17,23H,5-15,18-20H2,1-4H3/t23-/m0/s1. The number of hydrogen-bond acceptors (Lipinski definition) is 7. The molecule has 0 radical (unpaired) electrons. The summed E-state index contributed by atoms with van der Waals surface area (Å²) in [4.78, 5) is 19.7. The van der Waals surface area contributed by atoms with E-state index in [1.165, 1.54) is 50.2 Å². The van der Waals surface area contributed by atoms with Crippen molar-refractivity contribution in [3.63, 3.8) is 0 Å². The van der Waals surface area contributed by atoms with Crippen LogP contribution >= 0.6 is 23.0 Å². The summed E-state index contributed by atoms with van der Waals surface area (Å²) in [5.41, 5.74) is 1.27. The highest BCUT2D eigenvalue weighted by Crippen LogP contribution is 2.28. The zero-order chi connectivity index (χ0) is 27.0. The lowest BCUT2D eigenvalue weighted by Crippen LogP contribution is -2.36. The molecule has 2 aliphatic rings. The molecule has 0 aliphatic carbocycles. The van der Waals surface area contributed by atoms with Crippen LogP contribution in [0.3, 0.4) is 0 Å². The molecule has 2 heterocycles. The maximum absolute atomic E-state index is 13.1. The van der Waals surface area contributed by atoms with Crippen molar-refractivity contribution in [3.05, 3.63) is 23.3 Å². The number of sulfonamides is 1. The molecule has 2 aliphatic heterocycles. The van der Waals surface area contributed by atoms with E-state index in [1.54, 1.807) is 53.9 Å². The van der Waals surface area contributed by atoms with Gasteiger partial charge in [-0.05, 0) is 101 Å². The molecular formula is C26H43IN4O5S. The van der Waals surface area contributed by atoms with Crippen LogP contribution in [0.25, 0.3) is 0 Å². The molecule has 1 aromatic rings. The number of rotatable bonds is 14. The van der Waals surface area contributed by atoms with Gasteiger partial charge in [-0.15, -0.1) is 0 Å². The normalized spacial score (nSPS) is 19.1. The van der Waals surface area contributed by atoms with E-state index < -0.39 is 10.0 Å². The fraction of sp³-hybridized carbons (Fsp3) is 0.731. The van der Waals surface area contributed by atoms with Crippen molar-refractivity contribution in [2.45, 2.75) is 44.4 Å². The Labute approximate surface area is 237 Å². The van der Waals surface area contributed by atoms with E-state index in [0.29, 0.717) is 22.8 Å². The van der Waals surface area contributed by atoms with Crippen molar-refractivity contribution in [2.24, 2.45) is 5.92 Å². The first-order valence-corrected chi connectivity index (χ1v) is 15.6. The first-order chi connectivity index (χ1) is 17.6. The van der Waals surface area contributed by atoms with E-state index in [1.807, 2.05) is 7.05 Å². The van der Waals surface area contributed by atoms with Crippen molar-refractivity contribution in [2.75, 3.05) is 79.7 Å². The molecule has 9 nitrogen and oxygen atoms in total. The van der Waals surface area contributed by atoms with Gasteiger partial charge in [0.1, 0.15) is 12.4 Å². The number of amides is 1. The minimum absolute atomic E-state index is 0.0452. The summed E-state index contributed by atoms with van der Waals surface area (Å²) >= 11 is 1.78. The molecule has 3 rings (SSSR count). The second kappa shape index (κ2) is 14.4. The Balaban J connectivity index is 1.35. The van der Waals surface area contributed by atoms with Crippen LogP contribution in [-0.2, 0) is 19.6 Å². The van der Waals surface area contributed by atoms with E-state index in [-0.39, 0.29) is 30.6 Å². The summed E-state index contributed by atoms with van der Waals surface area (Å²) in [6, 6.07) is 3.42. The predicted molar refractivity (Wildman–Crippen MR) is 154 cm³/mol. The van der Waals surface area contributed by atoms with Crippen molar-refractivity contribution in [3.8, 4) is 5.75 Å². The van der Waals surface area contributed by atoms with E-state index in [2.05, 4.69) is 9.80 Å². The third-order valence-corrected chi connectivity index (χ3v) is 10.1. The molecule has 0 aromatic heterocycles. The van der Waals surface area contributed by atoms with Gasteiger partial charge in [-0.25, -0.2) is 8.42 Å². The average Bonchev–Trinajstić information content (AvgIpc) is 3.53. The minimum atomic E-state index is -3.68. The number of halogens is 1. The van der Waals surface area contributed by atoms with Crippen LogP contribution in [0.4, 0.5) is 0 Å². The van der Waals surface area contributed by atoms with Gasteiger partial charge in [0.15, 0.2) is 23.0 Å². The highest BCUT2D eigenvalue weighted by Gasteiger charge is 2.27. The quantitative estimate of drug-likeness (QED) is 0.226. The topological polar surface area (TPSA) is 82.6 Å². The zero-order valence-electron chi connectivity index (χ0n) is 22.7. The highest BCUT2D eigenvalue weighted by atomic mass is 127. The molecule has 1 aromatic carbocycles. The summed E-state index contributed by atoms with van der Waals surface area (Å²) in [5, 5.41) is 0. The van der Waals surface area contributed by atoms with Gasteiger partial charge in [0.05, 0.1) is 11.5 Å². The van der Waals surface area contributed by atoms with Crippen LogP contribution in [0, 0.1) is 19.8 Å². The van der Waals surface area contributed by atoms with Gasteiger partial charge in [-0.1, -0.05) is 0 Å². The summed E-state index contributed by atoms with van der Waals surface area (Å²) in [5.74, 6) is 1.04. The largest absolute Gasteiger partial charge is 0.428 e. The summed E-state index contributed by atoms with van der Waals surface area (Å²) < 4.78 is 38.3. The van der Waals surface area contributed by atoms with Crippen LogP contribution < -0.4 is 3.07 Å². The van der Waals surface area contributed by atoms with Gasteiger partial charge < -0.3 is 22.5 Å². The number of likely N-dealkylation sites (N-methyl/N-ethyl adjacent to an activating group) is 2. The fourth-order valence-corrected chi connectivity index (χ4v) is 7.19. The molecule has 2 fully saturated rings. The second-order valence-corrected chi connectivity index (χ2v) is 12.9.